The Labute approximate surface area is 815 Å². The number of ether oxygens (including phenoxy) is 6. The molecule has 5 unspecified atom stereocenters. The number of aryl methyl sites for hydroxylation is 2. The van der Waals surface area contributed by atoms with Crippen molar-refractivity contribution in [2.24, 2.45) is 0 Å². The number of aliphatic hydroxyl groups is 6. The fourth-order valence-electron chi connectivity index (χ4n) is 17.5. The van der Waals surface area contributed by atoms with Crippen LogP contribution in [0.5, 0.6) is 0 Å². The second kappa shape index (κ2) is 41.4. The third kappa shape index (κ3) is 21.7. The first-order chi connectivity index (χ1) is 69.6. The number of aliphatic hydroxyl groups excluding tert-OH is 6. The maximum Gasteiger partial charge on any atom is 0.472 e. The monoisotopic (exact) mass is 2170 g/mol. The molecule has 0 saturated carbocycles. The number of fused-ring (bicyclic) bond motifs is 4. The lowest BCUT2D eigenvalue weighted by atomic mass is 10.1. The van der Waals surface area contributed by atoms with Crippen LogP contribution in [0.1, 0.15) is 66.6 Å². The van der Waals surface area contributed by atoms with Crippen molar-refractivity contribution in [2.45, 2.75) is 168 Å². The zero-order valence-electron chi connectivity index (χ0n) is 75.6. The molecule has 26 N–H and O–H groups in total. The van der Waals surface area contributed by atoms with Crippen LogP contribution in [0.25, 0.3) is 44.4 Å². The summed E-state index contributed by atoms with van der Waals surface area (Å²) in [5.41, 5.74) is 20.2. The minimum Gasteiger partial charge on any atom is -0.387 e. The number of nitrogens with zero attached hydrogens (tertiary/aromatic N) is 17. The zero-order valence-corrected chi connectivity index (χ0v) is 80.0. The van der Waals surface area contributed by atoms with Crippen LogP contribution in [0.15, 0.2) is 108 Å². The van der Waals surface area contributed by atoms with Crippen LogP contribution in [0, 0.1) is 12.7 Å². The second-order valence-electron chi connectivity index (χ2n) is 34.0. The quantitative estimate of drug-likeness (QED) is 0.0162. The summed E-state index contributed by atoms with van der Waals surface area (Å²) < 4.78 is 185. The van der Waals surface area contributed by atoms with Gasteiger partial charge in [-0.3, -0.25) is 112 Å². The Morgan fingerprint density at radius 3 is 1.39 bits per heavy atom. The number of rotatable bonds is 36. The van der Waals surface area contributed by atoms with Gasteiger partial charge in [-0.1, -0.05) is 0 Å². The maximum atomic E-state index is 15.9. The molecule has 7 saturated heterocycles. The minimum atomic E-state index is -6.10. The van der Waals surface area contributed by atoms with E-state index in [1.165, 1.54) is 19.2 Å². The lowest BCUT2D eigenvalue weighted by Crippen LogP contribution is -2.44. The fraction of sp³-hybridized carbons (Fsp3) is 0.500. The van der Waals surface area contributed by atoms with E-state index in [1.807, 2.05) is 0 Å². The molecule has 1 amide bonds. The Hall–Kier alpha value is -11.6. The molecule has 7 aliphatic heterocycles. The Balaban J connectivity index is 0.578. The molecule has 0 spiro atoms. The summed E-state index contributed by atoms with van der Waals surface area (Å²) >= 11 is 0. The number of aromatic amines is 3. The summed E-state index contributed by atoms with van der Waals surface area (Å²) in [6, 6.07) is 4.57. The molecule has 7 aliphatic rings. The van der Waals surface area contributed by atoms with Gasteiger partial charge in [-0.05, 0) is 38.1 Å². The van der Waals surface area contributed by atoms with Crippen LogP contribution in [-0.4, -0.2) is 322 Å². The summed E-state index contributed by atoms with van der Waals surface area (Å²) in [6.07, 6.45) is -40.2. The van der Waals surface area contributed by atoms with Gasteiger partial charge in [0, 0.05) is 81.4 Å². The number of benzene rings is 1. The van der Waals surface area contributed by atoms with E-state index < -0.39 is 323 Å². The van der Waals surface area contributed by atoms with Crippen molar-refractivity contribution in [3.63, 3.8) is 0 Å². The van der Waals surface area contributed by atoms with E-state index in [0.29, 0.717) is 40.8 Å². The van der Waals surface area contributed by atoms with Crippen molar-refractivity contribution < 1.29 is 161 Å². The van der Waals surface area contributed by atoms with Gasteiger partial charge in [0.15, 0.2) is 64.9 Å². The number of phosphoric acid groups is 5. The second-order valence-corrected chi connectivity index (χ2v) is 41.0. The SMILES string of the molecule is CCn1cc(C(=O)NC[C@H]2O[C@@H](n3cc(C)c(=O)[nH]c3=O)C[C@@H]2OP(=O)(O)OC[C@H]2O[C@@H](n3cnc4c(=O)[nH]c(N)nc43)[C@H](O)[C@@H]2OP(=O)(O)OC[C@H]2O[C@@H](n3ccc(N)nc3=O)[C@H](O)[C@@H]2OP(=O)(O)OC[C@H]2O[C@@H](n3cnc4c(=O)[nH]c(N)nc43)[C@H](O)[C@@H]2OP(=O)(O)OC[C@H]2O[C@@H](n3ccc(N)nc3=O)[C@H](O)[C@@H]2OP(=O)(O)OC[C@H]2O[C@@H](n3cnc4c(N)ncnc43)[C@H](O)[C@@H]2O)c(=O)c2cc(F)c(N3CCNCC3)cc21. The first kappa shape index (κ1) is 105. The molecular formula is C74H91FN27O40P5. The lowest BCUT2D eigenvalue weighted by molar-refractivity contribution is -0.0656. The number of carbonyl (C=O) groups excluding carboxylic acids is 1. The molecule has 67 nitrogen and oxygen atoms in total. The predicted molar refractivity (Wildman–Crippen MR) is 485 cm³/mol. The van der Waals surface area contributed by atoms with Crippen molar-refractivity contribution in [1.82, 2.24) is 102 Å². The molecule has 147 heavy (non-hydrogen) atoms. The number of nitrogens with two attached hydrogens (primary N) is 5. The van der Waals surface area contributed by atoms with Gasteiger partial charge < -0.3 is 132 Å². The number of nitrogens with one attached hydrogen (secondary N) is 5. The van der Waals surface area contributed by atoms with Gasteiger partial charge in [0.05, 0.1) is 63.2 Å². The van der Waals surface area contributed by atoms with Gasteiger partial charge in [-0.15, -0.1) is 0 Å². The van der Waals surface area contributed by atoms with Crippen molar-refractivity contribution in [3.8, 4) is 0 Å². The van der Waals surface area contributed by atoms with E-state index in [2.05, 4.69) is 70.4 Å². The molecule has 7 fully saturated rings. The van der Waals surface area contributed by atoms with Crippen LogP contribution in [0.4, 0.5) is 39.4 Å². The molecule has 10 aromatic heterocycles. The highest BCUT2D eigenvalue weighted by Gasteiger charge is 2.58. The topological polar surface area (TPSA) is 947 Å². The number of phosphoric ester groups is 5. The molecule has 17 heterocycles. The van der Waals surface area contributed by atoms with E-state index in [1.54, 1.807) is 16.4 Å². The minimum absolute atomic E-state index is 0.0240. The predicted octanol–water partition coefficient (Wildman–Crippen LogP) is -6.86. The third-order valence-corrected chi connectivity index (χ3v) is 29.5. The average molecular weight is 2170 g/mol. The number of carbonyl (C=O) groups is 1. The van der Waals surface area contributed by atoms with Crippen molar-refractivity contribution >= 4 is 124 Å². The Kier molecular flexibility index (Phi) is 29.6. The van der Waals surface area contributed by atoms with E-state index in [4.69, 9.17) is 102 Å². The summed E-state index contributed by atoms with van der Waals surface area (Å²) in [5, 5.41) is 76.0. The van der Waals surface area contributed by atoms with Crippen LogP contribution in [-0.2, 0) is 103 Å². The molecule has 1 aromatic carbocycles. The lowest BCUT2D eigenvalue weighted by Gasteiger charge is -2.30. The fourth-order valence-corrected chi connectivity index (χ4v) is 22.3. The number of amides is 1. The van der Waals surface area contributed by atoms with E-state index in [-0.39, 0.29) is 46.0 Å². The molecular weight excluding hydrogens is 2080 g/mol. The standard InChI is InChI=1S/C74H91FN27O40P5/c1-3-95-17-29(46(103)28-12-30(75)32(13-31(28)95)96-10-6-81-7-11-96)62(111)82-15-34-33(14-42(132-34)99-16-27(2)61(110)94-74(99)116)138-143(117,118)128-19-38-55(51(108)68(136-38)101-25-86-44-59(101)90-70(79)92-63(44)112)141-146(123,124)130-21-37-54(50(107)67(135-37)98-9-5-41(77)89-73(98)115)140-145(121,122)131-22-39-56(52(109)69(137-39)102-26-87-45-60(102)91-71(80)93-64(45)113)142-147(125,126)129-20-36-53(49(106)66(134-36)97-8-4-40(76)88-72(97)114)139-144(119,120)127-18-35-47(104)48(105)65(133-35)100-24-85-43-57(78)83-23-84-58(43)100/h4-5,8-9,12-13,16-17,23-26,33-39,42,47-56,65-69,81,104-109H,3,6-7,10-11,14-15,18-22H2,1-2H3,(H,82,111)(H,117,118)(H,119,120)(H,121,122)(H,123,124)(H,125,126)(H2,76,88,114)(H2,77,89,115)(H2,78,83,84)(H,94,110,116)(H3,79,90,92,112)(H3,80,91,93,113)/t33-,34+,35+,36+,37+,38+,39+,42+,47+,48+,49+,50+,51+,52+,53+,54+,55+,56+,65+,66+,67+,68+,69+/m0/s1. The van der Waals surface area contributed by atoms with Gasteiger partial charge in [0.25, 0.3) is 22.6 Å². The highest BCUT2D eigenvalue weighted by molar-refractivity contribution is 7.48. The van der Waals surface area contributed by atoms with Crippen LogP contribution in [0.2, 0.25) is 0 Å². The van der Waals surface area contributed by atoms with Gasteiger partial charge >= 0.3 is 56.2 Å². The first-order valence-electron chi connectivity index (χ1n) is 43.9. The number of H-pyrrole nitrogens is 3. The largest absolute Gasteiger partial charge is 0.472 e. The summed E-state index contributed by atoms with van der Waals surface area (Å²) in [7, 11) is -29.6. The third-order valence-electron chi connectivity index (χ3n) is 24.5. The highest BCUT2D eigenvalue weighted by atomic mass is 31.2. The molecule has 28 atom stereocenters. The van der Waals surface area contributed by atoms with Gasteiger partial charge in [0.1, 0.15) is 145 Å². The Morgan fingerprint density at radius 2 is 0.925 bits per heavy atom. The molecule has 0 radical (unpaired) electrons. The van der Waals surface area contributed by atoms with Crippen LogP contribution >= 0.6 is 39.1 Å². The van der Waals surface area contributed by atoms with Crippen molar-refractivity contribution in [3.05, 3.63) is 164 Å². The molecule has 794 valence electrons. The van der Waals surface area contributed by atoms with E-state index in [9.17, 15) is 116 Å². The molecule has 11 aromatic rings. The smallest absolute Gasteiger partial charge is 0.387 e. The van der Waals surface area contributed by atoms with Gasteiger partial charge in [-0.2, -0.15) is 19.9 Å². The first-order valence-corrected chi connectivity index (χ1v) is 51.4. The van der Waals surface area contributed by atoms with Gasteiger partial charge in [0.2, 0.25) is 17.3 Å². The molecule has 73 heteroatoms. The zero-order chi connectivity index (χ0) is 105. The number of aromatic nitrogens is 19. The number of pyridine rings is 1. The van der Waals surface area contributed by atoms with Crippen LogP contribution in [0.3, 0.4) is 0 Å². The number of nitrogen functional groups attached to an aromatic ring is 5. The normalized spacial score (nSPS) is 29.6. The van der Waals surface area contributed by atoms with Crippen molar-refractivity contribution in [1.29, 1.82) is 0 Å². The van der Waals surface area contributed by atoms with Gasteiger partial charge in [-0.25, -0.2) is 66.5 Å². The number of halogens is 1. The van der Waals surface area contributed by atoms with Crippen LogP contribution < -0.4 is 83.4 Å². The summed E-state index contributed by atoms with van der Waals surface area (Å²) in [6.45, 7) is -2.31. The number of hydrogen-bond acceptors (Lipinski definition) is 51. The van der Waals surface area contributed by atoms with Crippen molar-refractivity contribution in [2.75, 3.05) is 99.3 Å². The summed E-state index contributed by atoms with van der Waals surface area (Å²) in [5.74, 6) is -3.72. The number of piperazine rings is 1. The average Bonchev–Trinajstić information content (AvgIpc) is 1.38. The number of anilines is 6. The molecule has 0 bridgehead atoms. The molecule has 0 aliphatic carbocycles. The molecule has 18 rings (SSSR count). The Bertz CT molecular complexity index is 7620. The number of imidazole rings is 3. The van der Waals surface area contributed by atoms with E-state index >= 15 is 4.39 Å². The van der Waals surface area contributed by atoms with E-state index in [0.717, 1.165) is 80.4 Å². The summed E-state index contributed by atoms with van der Waals surface area (Å²) in [4.78, 5) is 209. The maximum absolute atomic E-state index is 15.9. The number of hydrogen-bond donors (Lipinski definition) is 21. The Morgan fingerprint density at radius 1 is 0.497 bits per heavy atom. The highest BCUT2D eigenvalue weighted by Crippen LogP contribution is 2.57.